The number of likely N-dealkylation sites (tertiary alicyclic amines) is 1. The SMILES string of the molecule is COc1c(C(=O)C(C)(C)N[C@@H]2CCCN(C(=O)OC(C)(C)C)C2)nc2c(C3CCCC3)cccc2c1SCCNC(C)=O. The predicted octanol–water partition coefficient (Wildman–Crippen LogP) is 6.08. The number of hydrogen-bond acceptors (Lipinski definition) is 8. The first-order valence-electron chi connectivity index (χ1n) is 15.5. The molecule has 2 fully saturated rings. The van der Waals surface area contributed by atoms with Crippen LogP contribution >= 0.6 is 11.8 Å². The van der Waals surface area contributed by atoms with Crippen LogP contribution in [0.25, 0.3) is 10.9 Å². The number of fused-ring (bicyclic) bond motifs is 1. The van der Waals surface area contributed by atoms with E-state index in [1.807, 2.05) is 34.6 Å². The second-order valence-corrected chi connectivity index (χ2v) is 14.3. The average molecular weight is 613 g/mol. The molecule has 2 heterocycles. The second-order valence-electron chi connectivity index (χ2n) is 13.2. The number of ketones is 1. The highest BCUT2D eigenvalue weighted by Gasteiger charge is 2.38. The largest absolute Gasteiger partial charge is 0.493 e. The van der Waals surface area contributed by atoms with Crippen molar-refractivity contribution in [1.82, 2.24) is 20.5 Å². The molecule has 1 aromatic carbocycles. The van der Waals surface area contributed by atoms with E-state index in [0.717, 1.165) is 41.5 Å². The van der Waals surface area contributed by atoms with Crippen LogP contribution in [0.15, 0.2) is 23.1 Å². The van der Waals surface area contributed by atoms with Crippen molar-refractivity contribution >= 4 is 40.4 Å². The maximum atomic E-state index is 14.4. The number of thioether (sulfide) groups is 1. The number of aromatic nitrogens is 1. The van der Waals surface area contributed by atoms with Crippen molar-refractivity contribution in [2.24, 2.45) is 0 Å². The number of carbonyl (C=O) groups is 3. The maximum Gasteiger partial charge on any atom is 0.410 e. The minimum atomic E-state index is -0.976. The average Bonchev–Trinajstić information content (AvgIpc) is 3.48. The molecule has 0 bridgehead atoms. The molecule has 9 nitrogen and oxygen atoms in total. The summed E-state index contributed by atoms with van der Waals surface area (Å²) in [5.41, 5.74) is 0.794. The maximum absolute atomic E-state index is 14.4. The van der Waals surface area contributed by atoms with Gasteiger partial charge in [-0.1, -0.05) is 31.0 Å². The van der Waals surface area contributed by atoms with Crippen molar-refractivity contribution in [1.29, 1.82) is 0 Å². The highest BCUT2D eigenvalue weighted by molar-refractivity contribution is 7.99. The lowest BCUT2D eigenvalue weighted by molar-refractivity contribution is -0.118. The zero-order valence-electron chi connectivity index (χ0n) is 26.8. The molecule has 10 heteroatoms. The molecule has 1 saturated heterocycles. The summed E-state index contributed by atoms with van der Waals surface area (Å²) in [6, 6.07) is 6.19. The number of ether oxygens (including phenoxy) is 2. The summed E-state index contributed by atoms with van der Waals surface area (Å²) < 4.78 is 11.5. The van der Waals surface area contributed by atoms with Crippen LogP contribution in [-0.2, 0) is 9.53 Å². The van der Waals surface area contributed by atoms with Crippen LogP contribution in [0.3, 0.4) is 0 Å². The number of nitrogens with one attached hydrogen (secondary N) is 2. The molecular formula is C33H48N4O5S. The molecule has 0 unspecified atom stereocenters. The van der Waals surface area contributed by atoms with Gasteiger partial charge >= 0.3 is 6.09 Å². The Morgan fingerprint density at radius 1 is 1.07 bits per heavy atom. The summed E-state index contributed by atoms with van der Waals surface area (Å²) in [4.78, 5) is 46.3. The summed E-state index contributed by atoms with van der Waals surface area (Å²) in [6.07, 6.45) is 5.95. The third kappa shape index (κ3) is 8.20. The van der Waals surface area contributed by atoms with E-state index in [0.29, 0.717) is 42.7 Å². The van der Waals surface area contributed by atoms with Gasteiger partial charge in [0.05, 0.1) is 23.1 Å². The first kappa shape index (κ1) is 33.1. The van der Waals surface area contributed by atoms with Gasteiger partial charge in [0.2, 0.25) is 11.7 Å². The Morgan fingerprint density at radius 2 is 1.79 bits per heavy atom. The van der Waals surface area contributed by atoms with Crippen molar-refractivity contribution in [2.75, 3.05) is 32.5 Å². The van der Waals surface area contributed by atoms with E-state index in [2.05, 4.69) is 28.8 Å². The number of piperidine rings is 1. The van der Waals surface area contributed by atoms with Gasteiger partial charge in [0.1, 0.15) is 5.60 Å². The quantitative estimate of drug-likeness (QED) is 0.189. The Bertz CT molecular complexity index is 1330. The van der Waals surface area contributed by atoms with Gasteiger partial charge in [0.25, 0.3) is 0 Å². The molecule has 2 aliphatic rings. The molecule has 1 aliphatic heterocycles. The standard InChI is InChI=1S/C33H48N4O5S/c1-21(38)34-17-19-43-29-25-16-10-15-24(22-12-8-9-13-22)26(25)35-27(28(29)41-7)30(39)33(5,6)36-23-14-11-18-37(20-23)31(40)42-32(2,3)4/h10,15-16,22-23,36H,8-9,11-14,17-20H2,1-7H3,(H,34,38)/t23-/m1/s1. The molecule has 2 aromatic rings. The molecule has 236 valence electrons. The van der Waals surface area contributed by atoms with Gasteiger partial charge in [-0.25, -0.2) is 9.78 Å². The van der Waals surface area contributed by atoms with Gasteiger partial charge < -0.3 is 25.0 Å². The van der Waals surface area contributed by atoms with E-state index < -0.39 is 11.1 Å². The molecule has 1 aromatic heterocycles. The van der Waals surface area contributed by atoms with Gasteiger partial charge in [0.15, 0.2) is 11.4 Å². The third-order valence-corrected chi connectivity index (χ3v) is 9.20. The van der Waals surface area contributed by atoms with E-state index in [1.54, 1.807) is 23.8 Å². The number of rotatable bonds is 10. The summed E-state index contributed by atoms with van der Waals surface area (Å²) >= 11 is 1.57. The fraction of sp³-hybridized carbons (Fsp3) is 0.636. The van der Waals surface area contributed by atoms with Crippen molar-refractivity contribution in [2.45, 2.75) is 108 Å². The van der Waals surface area contributed by atoms with Crippen LogP contribution in [-0.4, -0.2) is 77.3 Å². The van der Waals surface area contributed by atoms with Crippen LogP contribution < -0.4 is 15.4 Å². The lowest BCUT2D eigenvalue weighted by atomic mass is 9.91. The highest BCUT2D eigenvalue weighted by atomic mass is 32.2. The highest BCUT2D eigenvalue weighted by Crippen LogP contribution is 2.43. The van der Waals surface area contributed by atoms with E-state index in [1.165, 1.54) is 25.3 Å². The molecule has 0 spiro atoms. The normalized spacial score (nSPS) is 18.1. The molecule has 2 N–H and O–H groups in total. The van der Waals surface area contributed by atoms with E-state index in [9.17, 15) is 14.4 Å². The fourth-order valence-electron chi connectivity index (χ4n) is 6.15. The first-order valence-corrected chi connectivity index (χ1v) is 16.5. The lowest BCUT2D eigenvalue weighted by Gasteiger charge is -2.38. The van der Waals surface area contributed by atoms with E-state index in [-0.39, 0.29) is 23.8 Å². The number of pyridine rings is 1. The number of nitrogens with zero attached hydrogens (tertiary/aromatic N) is 2. The van der Waals surface area contributed by atoms with Crippen molar-refractivity contribution in [3.05, 3.63) is 29.5 Å². The zero-order valence-corrected chi connectivity index (χ0v) is 27.6. The van der Waals surface area contributed by atoms with Crippen LogP contribution in [0.4, 0.5) is 4.79 Å². The molecule has 2 amide bonds. The molecule has 1 saturated carbocycles. The number of hydrogen-bond donors (Lipinski definition) is 2. The second kappa shape index (κ2) is 13.8. The topological polar surface area (TPSA) is 110 Å². The third-order valence-electron chi connectivity index (χ3n) is 8.10. The van der Waals surface area contributed by atoms with E-state index >= 15 is 0 Å². The Balaban J connectivity index is 1.67. The summed E-state index contributed by atoms with van der Waals surface area (Å²) in [6.45, 7) is 12.4. The molecule has 43 heavy (non-hydrogen) atoms. The predicted molar refractivity (Wildman–Crippen MR) is 171 cm³/mol. The molecule has 0 radical (unpaired) electrons. The van der Waals surface area contributed by atoms with Gasteiger partial charge in [0, 0.05) is 43.7 Å². The van der Waals surface area contributed by atoms with Crippen LogP contribution in [0, 0.1) is 0 Å². The lowest BCUT2D eigenvalue weighted by Crippen LogP contribution is -2.57. The molecule has 1 atom stereocenters. The number of para-hydroxylation sites is 1. The summed E-state index contributed by atoms with van der Waals surface area (Å²) in [5, 5.41) is 7.37. The zero-order chi connectivity index (χ0) is 31.4. The van der Waals surface area contributed by atoms with Crippen molar-refractivity contribution in [3.8, 4) is 5.75 Å². The minimum absolute atomic E-state index is 0.0766. The smallest absolute Gasteiger partial charge is 0.410 e. The fourth-order valence-corrected chi connectivity index (χ4v) is 7.19. The van der Waals surface area contributed by atoms with Gasteiger partial charge in [-0.15, -0.1) is 11.8 Å². The van der Waals surface area contributed by atoms with Crippen molar-refractivity contribution < 1.29 is 23.9 Å². The minimum Gasteiger partial charge on any atom is -0.493 e. The summed E-state index contributed by atoms with van der Waals surface area (Å²) in [5.74, 6) is 1.26. The molecule has 4 rings (SSSR count). The summed E-state index contributed by atoms with van der Waals surface area (Å²) in [7, 11) is 1.58. The number of carbonyl (C=O) groups excluding carboxylic acids is 3. The van der Waals surface area contributed by atoms with Crippen LogP contribution in [0.5, 0.6) is 5.75 Å². The molecular weight excluding hydrogens is 564 g/mol. The Labute approximate surface area is 260 Å². The van der Waals surface area contributed by atoms with Gasteiger partial charge in [-0.2, -0.15) is 0 Å². The molecule has 1 aliphatic carbocycles. The van der Waals surface area contributed by atoms with Crippen LogP contribution in [0.1, 0.15) is 102 Å². The van der Waals surface area contributed by atoms with Crippen LogP contribution in [0.2, 0.25) is 0 Å². The Kier molecular flexibility index (Phi) is 10.6. The van der Waals surface area contributed by atoms with E-state index in [4.69, 9.17) is 14.5 Å². The number of methoxy groups -OCH3 is 1. The number of benzene rings is 1. The monoisotopic (exact) mass is 612 g/mol. The first-order chi connectivity index (χ1) is 20.3. The Hall–Kier alpha value is -2.85. The van der Waals surface area contributed by atoms with Gasteiger partial charge in [-0.3, -0.25) is 9.59 Å². The Morgan fingerprint density at radius 3 is 2.44 bits per heavy atom. The number of Topliss-reactive ketones (excluding diaryl/α,β-unsaturated/α-hetero) is 1. The number of amides is 2. The van der Waals surface area contributed by atoms with Gasteiger partial charge in [-0.05, 0) is 71.8 Å². The van der Waals surface area contributed by atoms with Crippen molar-refractivity contribution in [3.63, 3.8) is 0 Å².